The molecule has 0 saturated carbocycles. The molecule has 1 aromatic carbocycles. The highest BCUT2D eigenvalue weighted by Crippen LogP contribution is 2.09. The van der Waals surface area contributed by atoms with E-state index in [1.54, 1.807) is 45.4 Å². The molecule has 0 aromatic heterocycles. The van der Waals surface area contributed by atoms with Crippen molar-refractivity contribution >= 4 is 24.4 Å². The van der Waals surface area contributed by atoms with Crippen molar-refractivity contribution in [2.24, 2.45) is 0 Å². The quantitative estimate of drug-likeness (QED) is 0.819. The van der Waals surface area contributed by atoms with Crippen LogP contribution in [0.3, 0.4) is 0 Å². The summed E-state index contributed by atoms with van der Waals surface area (Å²) < 4.78 is 0. The maximum atomic E-state index is 11.9. The molecule has 0 radical (unpaired) electrons. The van der Waals surface area contributed by atoms with Crippen LogP contribution in [0.15, 0.2) is 29.2 Å². The maximum Gasteiger partial charge on any atom is 0.254 e. The van der Waals surface area contributed by atoms with Crippen molar-refractivity contribution in [3.63, 3.8) is 0 Å². The standard InChI is InChI=1S/C12H16N2O2S/c1-13(2)11(15)8-14(3)12(16)9-4-6-10(17)7-5-9/h4-7,17H,8H2,1-3H3. The summed E-state index contributed by atoms with van der Waals surface area (Å²) in [5.41, 5.74) is 0.553. The van der Waals surface area contributed by atoms with Gasteiger partial charge in [0.1, 0.15) is 0 Å². The summed E-state index contributed by atoms with van der Waals surface area (Å²) in [6, 6.07) is 6.89. The first-order chi connectivity index (χ1) is 7.91. The Morgan fingerprint density at radius 1 is 1.12 bits per heavy atom. The van der Waals surface area contributed by atoms with E-state index >= 15 is 0 Å². The lowest BCUT2D eigenvalue weighted by Gasteiger charge is -2.19. The predicted molar refractivity (Wildman–Crippen MR) is 69.3 cm³/mol. The zero-order valence-corrected chi connectivity index (χ0v) is 11.1. The average Bonchev–Trinajstić information content (AvgIpc) is 2.28. The molecule has 2 amide bonds. The molecule has 0 heterocycles. The molecule has 0 N–H and O–H groups in total. The molecule has 0 saturated heterocycles. The van der Waals surface area contributed by atoms with Gasteiger partial charge in [0.2, 0.25) is 5.91 Å². The predicted octanol–water partition coefficient (Wildman–Crippen LogP) is 1.14. The first kappa shape index (κ1) is 13.6. The van der Waals surface area contributed by atoms with Crippen LogP contribution in [-0.4, -0.2) is 49.3 Å². The molecule has 0 unspecified atom stereocenters. The monoisotopic (exact) mass is 252 g/mol. The number of carbonyl (C=O) groups is 2. The molecule has 1 rings (SSSR count). The van der Waals surface area contributed by atoms with Crippen LogP contribution in [0.5, 0.6) is 0 Å². The second-order valence-corrected chi connectivity index (χ2v) is 4.51. The first-order valence-corrected chi connectivity index (χ1v) is 5.61. The number of likely N-dealkylation sites (N-methyl/N-ethyl adjacent to an activating group) is 2. The van der Waals surface area contributed by atoms with Gasteiger partial charge in [-0.3, -0.25) is 9.59 Å². The van der Waals surface area contributed by atoms with E-state index in [2.05, 4.69) is 12.6 Å². The molecular weight excluding hydrogens is 236 g/mol. The highest BCUT2D eigenvalue weighted by atomic mass is 32.1. The highest BCUT2D eigenvalue weighted by molar-refractivity contribution is 7.80. The summed E-state index contributed by atoms with van der Waals surface area (Å²) in [5.74, 6) is -0.278. The summed E-state index contributed by atoms with van der Waals surface area (Å²) >= 11 is 4.15. The molecular formula is C12H16N2O2S. The van der Waals surface area contributed by atoms with Crippen molar-refractivity contribution in [2.45, 2.75) is 4.90 Å². The van der Waals surface area contributed by atoms with Crippen LogP contribution < -0.4 is 0 Å². The maximum absolute atomic E-state index is 11.9. The number of thiol groups is 1. The zero-order chi connectivity index (χ0) is 13.0. The van der Waals surface area contributed by atoms with Gasteiger partial charge in [-0.25, -0.2) is 0 Å². The second kappa shape index (κ2) is 5.72. The fourth-order valence-electron chi connectivity index (χ4n) is 1.24. The van der Waals surface area contributed by atoms with Gasteiger partial charge in [0.25, 0.3) is 5.91 Å². The third-order valence-electron chi connectivity index (χ3n) is 2.33. The molecule has 0 fully saturated rings. The minimum atomic E-state index is -0.173. The molecule has 0 aliphatic carbocycles. The third-order valence-corrected chi connectivity index (χ3v) is 2.63. The van der Waals surface area contributed by atoms with Crippen LogP contribution in [0.4, 0.5) is 0 Å². The molecule has 0 spiro atoms. The Balaban J connectivity index is 2.70. The topological polar surface area (TPSA) is 40.6 Å². The molecule has 0 aliphatic rings. The number of carbonyl (C=O) groups excluding carboxylic acids is 2. The van der Waals surface area contributed by atoms with E-state index in [4.69, 9.17) is 0 Å². The first-order valence-electron chi connectivity index (χ1n) is 5.16. The van der Waals surface area contributed by atoms with Crippen molar-refractivity contribution in [1.29, 1.82) is 0 Å². The van der Waals surface area contributed by atoms with E-state index in [1.165, 1.54) is 9.80 Å². The largest absolute Gasteiger partial charge is 0.347 e. The van der Waals surface area contributed by atoms with Gasteiger partial charge < -0.3 is 9.80 Å². The third kappa shape index (κ3) is 3.78. The molecule has 4 nitrogen and oxygen atoms in total. The van der Waals surface area contributed by atoms with E-state index < -0.39 is 0 Å². The molecule has 17 heavy (non-hydrogen) atoms. The number of nitrogens with zero attached hydrogens (tertiary/aromatic N) is 2. The van der Waals surface area contributed by atoms with Gasteiger partial charge in [-0.2, -0.15) is 0 Å². The smallest absolute Gasteiger partial charge is 0.254 e. The van der Waals surface area contributed by atoms with Crippen molar-refractivity contribution in [3.05, 3.63) is 29.8 Å². The summed E-state index contributed by atoms with van der Waals surface area (Å²) in [4.78, 5) is 27.1. The molecule has 1 aromatic rings. The Morgan fingerprint density at radius 2 is 1.65 bits per heavy atom. The van der Waals surface area contributed by atoms with Crippen molar-refractivity contribution < 1.29 is 9.59 Å². The van der Waals surface area contributed by atoms with Gasteiger partial charge in [0, 0.05) is 31.6 Å². The summed E-state index contributed by atoms with van der Waals surface area (Å²) in [7, 11) is 4.94. The number of rotatable bonds is 3. The Kier molecular flexibility index (Phi) is 4.57. The normalized spacial score (nSPS) is 9.88. The Morgan fingerprint density at radius 3 is 2.12 bits per heavy atom. The van der Waals surface area contributed by atoms with Crippen LogP contribution in [-0.2, 0) is 4.79 Å². The van der Waals surface area contributed by atoms with E-state index in [0.717, 1.165) is 4.90 Å². The van der Waals surface area contributed by atoms with Crippen molar-refractivity contribution in [2.75, 3.05) is 27.7 Å². The SMILES string of the molecule is CN(C)C(=O)CN(C)C(=O)c1ccc(S)cc1. The lowest BCUT2D eigenvalue weighted by Crippen LogP contribution is -2.37. The van der Waals surface area contributed by atoms with Gasteiger partial charge in [-0.1, -0.05) is 0 Å². The Bertz CT molecular complexity index is 415. The highest BCUT2D eigenvalue weighted by Gasteiger charge is 2.15. The number of benzene rings is 1. The summed E-state index contributed by atoms with van der Waals surface area (Å²) in [6.07, 6.45) is 0. The summed E-state index contributed by atoms with van der Waals surface area (Å²) in [5, 5.41) is 0. The van der Waals surface area contributed by atoms with Crippen LogP contribution in [0.25, 0.3) is 0 Å². The summed E-state index contributed by atoms with van der Waals surface area (Å²) in [6.45, 7) is 0.0778. The Hall–Kier alpha value is -1.49. The number of amides is 2. The molecule has 5 heteroatoms. The molecule has 0 aliphatic heterocycles. The van der Waals surface area contributed by atoms with Crippen LogP contribution in [0.2, 0.25) is 0 Å². The number of hydrogen-bond donors (Lipinski definition) is 1. The van der Waals surface area contributed by atoms with E-state index in [9.17, 15) is 9.59 Å². The van der Waals surface area contributed by atoms with Crippen molar-refractivity contribution in [3.8, 4) is 0 Å². The average molecular weight is 252 g/mol. The van der Waals surface area contributed by atoms with Gasteiger partial charge in [0.15, 0.2) is 0 Å². The minimum absolute atomic E-state index is 0.0778. The van der Waals surface area contributed by atoms with Gasteiger partial charge in [0.05, 0.1) is 6.54 Å². The van der Waals surface area contributed by atoms with Crippen LogP contribution in [0, 0.1) is 0 Å². The fraction of sp³-hybridized carbons (Fsp3) is 0.333. The minimum Gasteiger partial charge on any atom is -0.347 e. The fourth-order valence-corrected chi connectivity index (χ4v) is 1.39. The number of hydrogen-bond acceptors (Lipinski definition) is 3. The van der Waals surface area contributed by atoms with Gasteiger partial charge in [-0.05, 0) is 24.3 Å². The van der Waals surface area contributed by atoms with E-state index in [0.29, 0.717) is 5.56 Å². The van der Waals surface area contributed by atoms with Crippen LogP contribution >= 0.6 is 12.6 Å². The van der Waals surface area contributed by atoms with E-state index in [-0.39, 0.29) is 18.4 Å². The second-order valence-electron chi connectivity index (χ2n) is 4.00. The van der Waals surface area contributed by atoms with E-state index in [1.807, 2.05) is 0 Å². The van der Waals surface area contributed by atoms with Crippen molar-refractivity contribution in [1.82, 2.24) is 9.80 Å². The zero-order valence-electron chi connectivity index (χ0n) is 10.2. The molecule has 0 atom stereocenters. The van der Waals surface area contributed by atoms with Gasteiger partial charge in [-0.15, -0.1) is 12.6 Å². The lowest BCUT2D eigenvalue weighted by atomic mass is 10.2. The lowest BCUT2D eigenvalue weighted by molar-refractivity contribution is -0.129. The Labute approximate surface area is 107 Å². The molecule has 92 valence electrons. The molecule has 0 bridgehead atoms. The van der Waals surface area contributed by atoms with Gasteiger partial charge >= 0.3 is 0 Å². The van der Waals surface area contributed by atoms with Crippen LogP contribution in [0.1, 0.15) is 10.4 Å².